The Morgan fingerprint density at radius 3 is 2.90 bits per heavy atom. The average molecular weight is 424 g/mol. The fraction of sp³-hybridized carbons (Fsp3) is 0.480. The molecule has 164 valence electrons. The van der Waals surface area contributed by atoms with E-state index in [2.05, 4.69) is 27.7 Å². The van der Waals surface area contributed by atoms with Crippen molar-refractivity contribution in [1.29, 1.82) is 0 Å². The van der Waals surface area contributed by atoms with Gasteiger partial charge in [-0.25, -0.2) is 4.39 Å². The second-order valence-corrected chi connectivity index (χ2v) is 9.11. The first-order valence-electron chi connectivity index (χ1n) is 11.3. The van der Waals surface area contributed by atoms with Crippen LogP contribution in [0, 0.1) is 12.7 Å². The Morgan fingerprint density at radius 2 is 2.10 bits per heavy atom. The number of methoxy groups -OCH3 is 1. The van der Waals surface area contributed by atoms with Crippen LogP contribution < -0.4 is 10.6 Å². The van der Waals surface area contributed by atoms with E-state index in [1.165, 1.54) is 18.1 Å². The number of aryl methyl sites for hydroxylation is 1. The van der Waals surface area contributed by atoms with Crippen molar-refractivity contribution < 1.29 is 13.9 Å². The van der Waals surface area contributed by atoms with Crippen LogP contribution in [0.2, 0.25) is 0 Å². The molecule has 2 N–H and O–H groups in total. The third-order valence-corrected chi connectivity index (χ3v) is 7.28. The lowest BCUT2D eigenvalue weighted by atomic mass is 9.85. The maximum atomic E-state index is 14.1. The number of anilines is 2. The Hall–Kier alpha value is -2.44. The molecule has 2 saturated heterocycles. The molecule has 5 nitrogen and oxygen atoms in total. The number of nitrogens with one attached hydrogen (secondary N) is 2. The topological polar surface area (TPSA) is 53.6 Å². The van der Waals surface area contributed by atoms with E-state index in [-0.39, 0.29) is 18.0 Å². The van der Waals surface area contributed by atoms with Crippen LogP contribution in [0.5, 0.6) is 0 Å². The van der Waals surface area contributed by atoms with Crippen molar-refractivity contribution in [1.82, 2.24) is 4.90 Å². The molecule has 31 heavy (non-hydrogen) atoms. The second-order valence-electron chi connectivity index (χ2n) is 9.11. The number of ether oxygens (including phenoxy) is 1. The fourth-order valence-corrected chi connectivity index (χ4v) is 5.62. The van der Waals surface area contributed by atoms with Crippen molar-refractivity contribution in [3.05, 3.63) is 58.9 Å². The number of hydrogen-bond donors (Lipinski definition) is 2. The Labute approximate surface area is 183 Å². The van der Waals surface area contributed by atoms with Gasteiger partial charge < -0.3 is 15.4 Å². The summed E-state index contributed by atoms with van der Waals surface area (Å²) in [5, 5.41) is 6.25. The maximum absolute atomic E-state index is 14.1. The molecule has 3 heterocycles. The number of benzene rings is 2. The Balaban J connectivity index is 1.25. The molecule has 0 aromatic heterocycles. The molecule has 3 aliphatic heterocycles. The van der Waals surface area contributed by atoms with Gasteiger partial charge in [-0.15, -0.1) is 0 Å². The van der Waals surface area contributed by atoms with E-state index in [1.807, 2.05) is 19.1 Å². The molecule has 2 aromatic carbocycles. The lowest BCUT2D eigenvalue weighted by Gasteiger charge is -2.37. The summed E-state index contributed by atoms with van der Waals surface area (Å²) in [6.07, 6.45) is 5.18. The van der Waals surface area contributed by atoms with Gasteiger partial charge in [0, 0.05) is 43.1 Å². The molecular formula is C25H30FN3O2. The summed E-state index contributed by atoms with van der Waals surface area (Å²) < 4.78 is 19.8. The SMILES string of the molecule is COC1CC[C@@H]2C[C@@H](c3cccc(NC(=O)C4Cc5c(F)ccc(C)c5N4)c3)CCN12. The zero-order valence-electron chi connectivity index (χ0n) is 18.2. The number of fused-ring (bicyclic) bond motifs is 2. The number of piperidine rings is 1. The van der Waals surface area contributed by atoms with Crippen LogP contribution in [0.3, 0.4) is 0 Å². The first-order chi connectivity index (χ1) is 15.0. The number of carbonyl (C=O) groups is 1. The normalized spacial score (nSPS) is 27.5. The van der Waals surface area contributed by atoms with Gasteiger partial charge in [0.25, 0.3) is 0 Å². The second kappa shape index (κ2) is 8.24. The zero-order chi connectivity index (χ0) is 21.5. The third kappa shape index (κ3) is 3.83. The van der Waals surface area contributed by atoms with Gasteiger partial charge in [-0.05, 0) is 67.9 Å². The van der Waals surface area contributed by atoms with Crippen LogP contribution in [0.1, 0.15) is 48.3 Å². The lowest BCUT2D eigenvalue weighted by molar-refractivity contribution is -0.116. The molecule has 2 unspecified atom stereocenters. The molecular weight excluding hydrogens is 393 g/mol. The van der Waals surface area contributed by atoms with Gasteiger partial charge in [0.1, 0.15) is 18.1 Å². The minimum absolute atomic E-state index is 0.124. The fourth-order valence-electron chi connectivity index (χ4n) is 5.62. The number of amides is 1. The van der Waals surface area contributed by atoms with Crippen molar-refractivity contribution in [3.8, 4) is 0 Å². The van der Waals surface area contributed by atoms with Crippen LogP contribution in [0.15, 0.2) is 36.4 Å². The van der Waals surface area contributed by atoms with E-state index >= 15 is 0 Å². The van der Waals surface area contributed by atoms with Gasteiger partial charge in [-0.3, -0.25) is 9.69 Å². The zero-order valence-corrected chi connectivity index (χ0v) is 18.2. The molecule has 5 rings (SSSR count). The summed E-state index contributed by atoms with van der Waals surface area (Å²) in [5.41, 5.74) is 4.41. The predicted molar refractivity (Wildman–Crippen MR) is 120 cm³/mol. The summed E-state index contributed by atoms with van der Waals surface area (Å²) in [5.74, 6) is 0.124. The highest BCUT2D eigenvalue weighted by atomic mass is 19.1. The molecule has 1 amide bonds. The minimum atomic E-state index is -0.457. The molecule has 2 fully saturated rings. The maximum Gasteiger partial charge on any atom is 0.247 e. The first kappa shape index (κ1) is 20.5. The number of halogens is 1. The molecule has 4 atom stereocenters. The van der Waals surface area contributed by atoms with Crippen LogP contribution in [0.25, 0.3) is 0 Å². The van der Waals surface area contributed by atoms with Crippen molar-refractivity contribution in [2.75, 3.05) is 24.3 Å². The molecule has 2 aromatic rings. The molecule has 0 spiro atoms. The van der Waals surface area contributed by atoms with Crippen LogP contribution in [-0.2, 0) is 16.0 Å². The minimum Gasteiger partial charge on any atom is -0.373 e. The van der Waals surface area contributed by atoms with E-state index in [4.69, 9.17) is 4.74 Å². The van der Waals surface area contributed by atoms with Crippen LogP contribution >= 0.6 is 0 Å². The summed E-state index contributed by atoms with van der Waals surface area (Å²) in [6.45, 7) is 2.99. The van der Waals surface area contributed by atoms with E-state index < -0.39 is 6.04 Å². The Morgan fingerprint density at radius 1 is 1.23 bits per heavy atom. The van der Waals surface area contributed by atoms with Gasteiger partial charge in [-0.1, -0.05) is 18.2 Å². The third-order valence-electron chi connectivity index (χ3n) is 7.28. The number of nitrogens with zero attached hydrogens (tertiary/aromatic N) is 1. The van der Waals surface area contributed by atoms with Crippen molar-refractivity contribution in [2.45, 2.75) is 63.3 Å². The molecule has 0 radical (unpaired) electrons. The molecule has 0 aliphatic carbocycles. The van der Waals surface area contributed by atoms with Gasteiger partial charge >= 0.3 is 0 Å². The van der Waals surface area contributed by atoms with E-state index in [0.29, 0.717) is 23.9 Å². The number of rotatable bonds is 4. The van der Waals surface area contributed by atoms with E-state index in [9.17, 15) is 9.18 Å². The Bertz CT molecular complexity index is 964. The predicted octanol–water partition coefficient (Wildman–Crippen LogP) is 4.42. The van der Waals surface area contributed by atoms with E-state index in [1.54, 1.807) is 13.2 Å². The number of carbonyl (C=O) groups excluding carboxylic acids is 1. The van der Waals surface area contributed by atoms with Crippen LogP contribution in [-0.4, -0.2) is 42.8 Å². The first-order valence-corrected chi connectivity index (χ1v) is 11.3. The van der Waals surface area contributed by atoms with E-state index in [0.717, 1.165) is 42.7 Å². The molecule has 0 bridgehead atoms. The number of hydrogen-bond acceptors (Lipinski definition) is 4. The summed E-state index contributed by atoms with van der Waals surface area (Å²) in [6, 6.07) is 11.6. The van der Waals surface area contributed by atoms with Gasteiger partial charge in [0.2, 0.25) is 5.91 Å². The smallest absolute Gasteiger partial charge is 0.247 e. The largest absolute Gasteiger partial charge is 0.373 e. The summed E-state index contributed by atoms with van der Waals surface area (Å²) in [7, 11) is 1.80. The van der Waals surface area contributed by atoms with Gasteiger partial charge in [-0.2, -0.15) is 0 Å². The van der Waals surface area contributed by atoms with Crippen molar-refractivity contribution in [3.63, 3.8) is 0 Å². The standard InChI is InChI=1S/C25H30FN3O2/c1-15-6-8-21(26)20-14-22(28-24(15)20)25(30)27-18-5-3-4-16(12-18)17-10-11-29-19(13-17)7-9-23(29)31-2/h3-6,8,12,17,19,22-23,28H,7,9-11,13-14H2,1-2H3,(H,27,30)/t17-,19+,22?,23?/m0/s1. The highest BCUT2D eigenvalue weighted by Crippen LogP contribution is 2.39. The molecule has 3 aliphatic rings. The van der Waals surface area contributed by atoms with Gasteiger partial charge in [0.05, 0.1) is 0 Å². The highest BCUT2D eigenvalue weighted by molar-refractivity contribution is 5.98. The van der Waals surface area contributed by atoms with Crippen molar-refractivity contribution >= 4 is 17.3 Å². The highest BCUT2D eigenvalue weighted by Gasteiger charge is 2.38. The average Bonchev–Trinajstić information content (AvgIpc) is 3.41. The monoisotopic (exact) mass is 423 g/mol. The van der Waals surface area contributed by atoms with Crippen LogP contribution in [0.4, 0.5) is 15.8 Å². The van der Waals surface area contributed by atoms with Crippen molar-refractivity contribution in [2.24, 2.45) is 0 Å². The van der Waals surface area contributed by atoms with Gasteiger partial charge in [0.15, 0.2) is 0 Å². The summed E-state index contributed by atoms with van der Waals surface area (Å²) >= 11 is 0. The lowest BCUT2D eigenvalue weighted by Crippen LogP contribution is -2.42. The molecule has 0 saturated carbocycles. The molecule has 6 heteroatoms. The Kier molecular flexibility index (Phi) is 5.44. The quantitative estimate of drug-likeness (QED) is 0.764. The summed E-state index contributed by atoms with van der Waals surface area (Å²) in [4.78, 5) is 15.4.